The molecule has 0 saturated carbocycles. The Labute approximate surface area is 152 Å². The Morgan fingerprint density at radius 2 is 2.11 bits per heavy atom. The van der Waals surface area contributed by atoms with E-state index in [1.165, 1.54) is 29.0 Å². The van der Waals surface area contributed by atoms with Gasteiger partial charge < -0.3 is 14.5 Å². The molecule has 1 aromatic carbocycles. The van der Waals surface area contributed by atoms with E-state index in [0.717, 1.165) is 12.8 Å². The van der Waals surface area contributed by atoms with Gasteiger partial charge in [-0.15, -0.1) is 0 Å². The van der Waals surface area contributed by atoms with E-state index < -0.39 is 11.2 Å². The number of nitrogens with one attached hydrogen (secondary N) is 2. The topological polar surface area (TPSA) is 104 Å². The molecule has 1 atom stereocenters. The Balaban J connectivity index is 1.50. The monoisotopic (exact) mass is 371 g/mol. The molecule has 4 rings (SSSR count). The minimum atomic E-state index is -0.535. The summed E-state index contributed by atoms with van der Waals surface area (Å²) in [5.74, 6) is 0.202. The Hall–Kier alpha value is -3.23. The maximum atomic E-state index is 13.4. The van der Waals surface area contributed by atoms with Crippen molar-refractivity contribution in [3.8, 4) is 0 Å². The molecule has 1 amide bonds. The van der Waals surface area contributed by atoms with Crippen LogP contribution in [0.3, 0.4) is 0 Å². The summed E-state index contributed by atoms with van der Waals surface area (Å²) in [4.78, 5) is 47.0. The molecule has 8 nitrogen and oxygen atoms in total. The first kappa shape index (κ1) is 17.2. The zero-order valence-electron chi connectivity index (χ0n) is 14.4. The maximum Gasteiger partial charge on any atom is 0.328 e. The predicted molar refractivity (Wildman–Crippen MR) is 95.7 cm³/mol. The zero-order chi connectivity index (χ0) is 19.0. The molecule has 27 heavy (non-hydrogen) atoms. The quantitative estimate of drug-likeness (QED) is 0.721. The molecule has 1 aliphatic heterocycles. The fourth-order valence-electron chi connectivity index (χ4n) is 3.49. The molecule has 0 bridgehead atoms. The molecule has 0 aliphatic carbocycles. The van der Waals surface area contributed by atoms with Crippen LogP contribution in [0.2, 0.25) is 0 Å². The highest BCUT2D eigenvalue weighted by molar-refractivity contribution is 5.78. The minimum Gasteiger partial charge on any atom is -0.340 e. The highest BCUT2D eigenvalue weighted by atomic mass is 19.1. The number of amides is 1. The third kappa shape index (κ3) is 3.40. The smallest absolute Gasteiger partial charge is 0.328 e. The summed E-state index contributed by atoms with van der Waals surface area (Å²) in [5.41, 5.74) is 0.255. The van der Waals surface area contributed by atoms with Gasteiger partial charge in [-0.05, 0) is 31.0 Å². The van der Waals surface area contributed by atoms with Crippen LogP contribution in [0, 0.1) is 5.82 Å². The Bertz CT molecular complexity index is 1120. The molecule has 140 valence electrons. The molecule has 1 saturated heterocycles. The molecule has 2 N–H and O–H groups in total. The molecule has 0 radical (unpaired) electrons. The van der Waals surface area contributed by atoms with E-state index in [1.54, 1.807) is 11.0 Å². The van der Waals surface area contributed by atoms with Gasteiger partial charge in [0.05, 0.1) is 17.1 Å². The summed E-state index contributed by atoms with van der Waals surface area (Å²) < 4.78 is 14.7. The average Bonchev–Trinajstić information content (AvgIpc) is 3.26. The van der Waals surface area contributed by atoms with Crippen molar-refractivity contribution >= 4 is 16.9 Å². The van der Waals surface area contributed by atoms with Gasteiger partial charge in [-0.2, -0.15) is 0 Å². The second-order valence-electron chi connectivity index (χ2n) is 6.58. The lowest BCUT2D eigenvalue weighted by atomic mass is 10.2. The highest BCUT2D eigenvalue weighted by Gasteiger charge is 2.31. The maximum absolute atomic E-state index is 13.4. The van der Waals surface area contributed by atoms with Crippen molar-refractivity contribution < 1.29 is 9.18 Å². The number of carbonyl (C=O) groups is 1. The van der Waals surface area contributed by atoms with E-state index in [2.05, 4.69) is 15.0 Å². The van der Waals surface area contributed by atoms with Crippen LogP contribution in [-0.4, -0.2) is 36.9 Å². The first-order valence-electron chi connectivity index (χ1n) is 8.76. The highest BCUT2D eigenvalue weighted by Crippen LogP contribution is 2.32. The Morgan fingerprint density at radius 3 is 2.93 bits per heavy atom. The van der Waals surface area contributed by atoms with E-state index in [1.807, 2.05) is 0 Å². The van der Waals surface area contributed by atoms with Crippen LogP contribution in [0.1, 0.15) is 31.1 Å². The molecule has 1 aliphatic rings. The number of aryl methyl sites for hydroxylation is 1. The van der Waals surface area contributed by atoms with E-state index in [9.17, 15) is 18.8 Å². The van der Waals surface area contributed by atoms with E-state index in [4.69, 9.17) is 0 Å². The molecule has 3 heterocycles. The van der Waals surface area contributed by atoms with Crippen LogP contribution in [0.5, 0.6) is 0 Å². The second kappa shape index (κ2) is 6.82. The number of halogens is 1. The van der Waals surface area contributed by atoms with Gasteiger partial charge in [-0.1, -0.05) is 0 Å². The lowest BCUT2D eigenvalue weighted by Gasteiger charge is -2.23. The molecule has 1 unspecified atom stereocenters. The number of rotatable bonds is 4. The van der Waals surface area contributed by atoms with E-state index in [-0.39, 0.29) is 30.7 Å². The largest absolute Gasteiger partial charge is 0.340 e. The number of hydrogen-bond donors (Lipinski definition) is 2. The first-order valence-corrected chi connectivity index (χ1v) is 8.76. The van der Waals surface area contributed by atoms with Crippen molar-refractivity contribution in [2.45, 2.75) is 31.8 Å². The number of hydrogen-bond acceptors (Lipinski definition) is 4. The fourth-order valence-corrected chi connectivity index (χ4v) is 3.49. The molecule has 3 aromatic rings. The summed E-state index contributed by atoms with van der Waals surface area (Å²) in [6.45, 7) is 0.790. The van der Waals surface area contributed by atoms with Crippen molar-refractivity contribution in [1.29, 1.82) is 0 Å². The average molecular weight is 371 g/mol. The summed E-state index contributed by atoms with van der Waals surface area (Å²) in [5, 5.41) is 0. The fraction of sp³-hybridized carbons (Fsp3) is 0.333. The summed E-state index contributed by atoms with van der Waals surface area (Å²) in [7, 11) is 0. The second-order valence-corrected chi connectivity index (χ2v) is 6.58. The number of H-pyrrole nitrogens is 2. The number of aromatic amines is 2. The Morgan fingerprint density at radius 1 is 1.26 bits per heavy atom. The predicted octanol–water partition coefficient (Wildman–Crippen LogP) is 1.31. The molecular weight excluding hydrogens is 353 g/mol. The first-order chi connectivity index (χ1) is 13.0. The number of nitrogens with zero attached hydrogens (tertiary/aromatic N) is 3. The number of aromatic nitrogens is 4. The summed E-state index contributed by atoms with van der Waals surface area (Å²) >= 11 is 0. The lowest BCUT2D eigenvalue weighted by molar-refractivity contribution is -0.132. The van der Waals surface area contributed by atoms with Crippen molar-refractivity contribution in [3.05, 3.63) is 62.9 Å². The molecule has 0 spiro atoms. The summed E-state index contributed by atoms with van der Waals surface area (Å²) in [6.07, 6.45) is 3.13. The van der Waals surface area contributed by atoms with Gasteiger partial charge in [0.1, 0.15) is 11.6 Å². The van der Waals surface area contributed by atoms with Crippen LogP contribution < -0.4 is 11.2 Å². The van der Waals surface area contributed by atoms with Crippen LogP contribution in [-0.2, 0) is 11.3 Å². The standard InChI is InChI=1S/C18H18FN5O3/c19-11-3-4-12-13(10-11)21-17(20-12)14-2-1-7-24(14)16(26)6-9-23-8-5-15(25)22-18(23)27/h3-5,8,10,14H,1-2,6-7,9H2,(H,20,21)(H,22,25,27). The van der Waals surface area contributed by atoms with Crippen molar-refractivity contribution in [2.75, 3.05) is 6.54 Å². The van der Waals surface area contributed by atoms with E-state index >= 15 is 0 Å². The zero-order valence-corrected chi connectivity index (χ0v) is 14.4. The van der Waals surface area contributed by atoms with Gasteiger partial charge in [-0.25, -0.2) is 14.2 Å². The SMILES string of the molecule is O=C(CCn1ccc(=O)[nH]c1=O)N1CCCC1c1nc2ccc(F)cc2[nH]1. The molecule has 1 fully saturated rings. The lowest BCUT2D eigenvalue weighted by Crippen LogP contribution is -2.34. The Kier molecular flexibility index (Phi) is 4.35. The van der Waals surface area contributed by atoms with Gasteiger partial charge in [0.25, 0.3) is 5.56 Å². The summed E-state index contributed by atoms with van der Waals surface area (Å²) in [6, 6.07) is 5.40. The van der Waals surface area contributed by atoms with Crippen LogP contribution in [0.4, 0.5) is 4.39 Å². The number of benzene rings is 1. The minimum absolute atomic E-state index is 0.0952. The third-order valence-corrected chi connectivity index (χ3v) is 4.81. The van der Waals surface area contributed by atoms with Gasteiger partial charge in [0, 0.05) is 31.8 Å². The van der Waals surface area contributed by atoms with Crippen molar-refractivity contribution in [2.24, 2.45) is 0 Å². The molecular formula is C18H18FN5O3. The number of fused-ring (bicyclic) bond motifs is 1. The number of imidazole rings is 1. The van der Waals surface area contributed by atoms with Gasteiger partial charge >= 0.3 is 5.69 Å². The van der Waals surface area contributed by atoms with Crippen molar-refractivity contribution in [3.63, 3.8) is 0 Å². The number of carbonyl (C=O) groups excluding carboxylic acids is 1. The van der Waals surface area contributed by atoms with Gasteiger partial charge in [0.15, 0.2) is 0 Å². The molecule has 9 heteroatoms. The number of likely N-dealkylation sites (tertiary alicyclic amines) is 1. The van der Waals surface area contributed by atoms with Crippen molar-refractivity contribution in [1.82, 2.24) is 24.4 Å². The normalized spacial score (nSPS) is 16.9. The van der Waals surface area contributed by atoms with Crippen LogP contribution >= 0.6 is 0 Å². The van der Waals surface area contributed by atoms with Crippen LogP contribution in [0.25, 0.3) is 11.0 Å². The molecule has 2 aromatic heterocycles. The third-order valence-electron chi connectivity index (χ3n) is 4.81. The van der Waals surface area contributed by atoms with Gasteiger partial charge in [-0.3, -0.25) is 14.6 Å². The van der Waals surface area contributed by atoms with Gasteiger partial charge in [0.2, 0.25) is 5.91 Å². The van der Waals surface area contributed by atoms with E-state index in [0.29, 0.717) is 23.4 Å². The van der Waals surface area contributed by atoms with Crippen LogP contribution in [0.15, 0.2) is 40.1 Å².